The summed E-state index contributed by atoms with van der Waals surface area (Å²) in [6.07, 6.45) is 4.32. The fourth-order valence-electron chi connectivity index (χ4n) is 3.86. The highest BCUT2D eigenvalue weighted by Crippen LogP contribution is 2.41. The first-order valence-corrected chi connectivity index (χ1v) is 12.2. The predicted molar refractivity (Wildman–Crippen MR) is 141 cm³/mol. The maximum Gasteiger partial charge on any atom is 0.137 e. The van der Waals surface area contributed by atoms with Gasteiger partial charge in [0, 0.05) is 23.8 Å². The van der Waals surface area contributed by atoms with Gasteiger partial charge in [-0.1, -0.05) is 44.5 Å². The van der Waals surface area contributed by atoms with Crippen molar-refractivity contribution in [3.63, 3.8) is 0 Å². The summed E-state index contributed by atoms with van der Waals surface area (Å²) in [5.41, 5.74) is 8.12. The van der Waals surface area contributed by atoms with Crippen molar-refractivity contribution in [3.05, 3.63) is 71.0 Å². The Morgan fingerprint density at radius 3 is 2.53 bits per heavy atom. The molecule has 0 bridgehead atoms. The largest absolute Gasteiger partial charge is 0.399 e. The predicted octanol–water partition coefficient (Wildman–Crippen LogP) is 5.51. The molecule has 1 aliphatic rings. The lowest BCUT2D eigenvalue weighted by molar-refractivity contribution is 0.209. The summed E-state index contributed by atoms with van der Waals surface area (Å²) >= 11 is 6.60. The maximum atomic E-state index is 13.7. The molecule has 0 saturated heterocycles. The Bertz CT molecular complexity index is 1250. The van der Waals surface area contributed by atoms with E-state index in [1.165, 1.54) is 29.7 Å². The molecule has 0 radical (unpaired) electrons. The minimum Gasteiger partial charge on any atom is -0.399 e. The molecule has 6 N–H and O–H groups in total. The first-order valence-electron chi connectivity index (χ1n) is 11.8. The Labute approximate surface area is 214 Å². The number of nitrogens with one attached hydrogen (secondary N) is 2. The van der Waals surface area contributed by atoms with Crippen molar-refractivity contribution in [3.8, 4) is 0 Å². The van der Waals surface area contributed by atoms with Crippen molar-refractivity contribution in [1.82, 2.24) is 15.0 Å². The number of benzene rings is 2. The van der Waals surface area contributed by atoms with E-state index in [1.807, 2.05) is 6.07 Å². The Kier molecular flexibility index (Phi) is 7.24. The van der Waals surface area contributed by atoms with Crippen LogP contribution in [0.3, 0.4) is 0 Å². The van der Waals surface area contributed by atoms with E-state index in [1.54, 1.807) is 18.2 Å². The topological polar surface area (TPSA) is 105 Å². The standard InChI is InChI=1S/C26H32ClF2N7/c1-25(2,3)14-32-24-19-10-18(11-20(27)23(19)33-15-34-24)35-22(16-4-6-17(29)7-5-16)21(30)12-36(31)26(13-28)8-9-26/h4-7,10-12,15,22,35H,8-9,13-14,30-31H2,1-3H3,(H,32,33,34)/b21-12-/t22-/m0/s1. The molecule has 4 rings (SSSR count). The van der Waals surface area contributed by atoms with Crippen LogP contribution in [0, 0.1) is 11.2 Å². The molecule has 192 valence electrons. The van der Waals surface area contributed by atoms with Gasteiger partial charge in [-0.15, -0.1) is 0 Å². The van der Waals surface area contributed by atoms with Gasteiger partial charge in [-0.3, -0.25) is 0 Å². The summed E-state index contributed by atoms with van der Waals surface area (Å²) in [5, 5.41) is 9.28. The molecule has 0 aliphatic heterocycles. The summed E-state index contributed by atoms with van der Waals surface area (Å²) in [5.74, 6) is 6.44. The third-order valence-corrected chi connectivity index (χ3v) is 6.53. The molecule has 1 fully saturated rings. The van der Waals surface area contributed by atoms with Crippen molar-refractivity contribution in [1.29, 1.82) is 0 Å². The molecule has 2 aromatic carbocycles. The average molecular weight is 516 g/mol. The van der Waals surface area contributed by atoms with E-state index in [0.717, 1.165) is 5.39 Å². The number of halogens is 3. The van der Waals surface area contributed by atoms with Crippen LogP contribution in [0.15, 0.2) is 54.6 Å². The van der Waals surface area contributed by atoms with Gasteiger partial charge in [0.1, 0.15) is 24.6 Å². The third-order valence-electron chi connectivity index (χ3n) is 6.24. The molecule has 10 heteroatoms. The zero-order valence-electron chi connectivity index (χ0n) is 20.7. The molecule has 3 aromatic rings. The second-order valence-corrected chi connectivity index (χ2v) is 10.9. The Hall–Kier alpha value is -3.17. The monoisotopic (exact) mass is 515 g/mol. The third kappa shape index (κ3) is 5.79. The van der Waals surface area contributed by atoms with Gasteiger partial charge in [-0.05, 0) is 48.1 Å². The smallest absolute Gasteiger partial charge is 0.137 e. The molecule has 0 spiro atoms. The lowest BCUT2D eigenvalue weighted by atomic mass is 9.97. The van der Waals surface area contributed by atoms with E-state index in [-0.39, 0.29) is 11.2 Å². The van der Waals surface area contributed by atoms with E-state index < -0.39 is 18.3 Å². The molecule has 1 aliphatic carbocycles. The van der Waals surface area contributed by atoms with Gasteiger partial charge in [0.2, 0.25) is 0 Å². The normalized spacial score (nSPS) is 16.0. The van der Waals surface area contributed by atoms with Crippen LogP contribution in [0.5, 0.6) is 0 Å². The number of aromatic nitrogens is 2. The zero-order chi connectivity index (χ0) is 26.1. The van der Waals surface area contributed by atoms with Gasteiger partial charge in [0.25, 0.3) is 0 Å². The SMILES string of the molecule is CC(C)(C)CNc1ncnc2c(Cl)cc(N[C@H](/C(N)=C/N(N)C3(CF)CC3)c3ccc(F)cc3)cc12. The number of nitrogens with two attached hydrogens (primary N) is 2. The number of fused-ring (bicyclic) bond motifs is 1. The molecule has 0 unspecified atom stereocenters. The number of hydrogen-bond acceptors (Lipinski definition) is 7. The number of hydrogen-bond donors (Lipinski definition) is 4. The highest BCUT2D eigenvalue weighted by Gasteiger charge is 2.47. The quantitative estimate of drug-likeness (QED) is 0.220. The Balaban J connectivity index is 1.71. The molecule has 0 amide bonds. The summed E-state index contributed by atoms with van der Waals surface area (Å²) in [4.78, 5) is 8.76. The van der Waals surface area contributed by atoms with Crippen molar-refractivity contribution < 1.29 is 8.78 Å². The van der Waals surface area contributed by atoms with Crippen LogP contribution in [-0.4, -0.2) is 33.7 Å². The fraction of sp³-hybridized carbons (Fsp3) is 0.385. The summed E-state index contributed by atoms with van der Waals surface area (Å²) in [6, 6.07) is 9.04. The maximum absolute atomic E-state index is 13.7. The molecular weight excluding hydrogens is 484 g/mol. The first kappa shape index (κ1) is 25.9. The lowest BCUT2D eigenvalue weighted by Gasteiger charge is -2.27. The van der Waals surface area contributed by atoms with Crippen LogP contribution in [0.25, 0.3) is 10.9 Å². The van der Waals surface area contributed by atoms with Gasteiger partial charge in [0.15, 0.2) is 0 Å². The van der Waals surface area contributed by atoms with Gasteiger partial charge < -0.3 is 21.4 Å². The van der Waals surface area contributed by atoms with Crippen molar-refractivity contribution in [2.75, 3.05) is 23.9 Å². The van der Waals surface area contributed by atoms with Crippen LogP contribution < -0.4 is 22.2 Å². The van der Waals surface area contributed by atoms with E-state index >= 15 is 0 Å². The van der Waals surface area contributed by atoms with Gasteiger partial charge >= 0.3 is 0 Å². The van der Waals surface area contributed by atoms with Crippen LogP contribution >= 0.6 is 11.6 Å². The number of rotatable bonds is 9. The number of hydrazine groups is 1. The van der Waals surface area contributed by atoms with Crippen LogP contribution in [0.1, 0.15) is 45.2 Å². The second kappa shape index (κ2) is 10.1. The van der Waals surface area contributed by atoms with Crippen molar-refractivity contribution >= 4 is 34.0 Å². The second-order valence-electron chi connectivity index (χ2n) is 10.5. The van der Waals surface area contributed by atoms with Crippen LogP contribution in [0.2, 0.25) is 5.02 Å². The van der Waals surface area contributed by atoms with E-state index in [2.05, 4.69) is 41.4 Å². The van der Waals surface area contributed by atoms with Crippen molar-refractivity contribution in [2.24, 2.45) is 17.0 Å². The van der Waals surface area contributed by atoms with Crippen LogP contribution in [-0.2, 0) is 0 Å². The number of anilines is 2. The molecule has 7 nitrogen and oxygen atoms in total. The molecule has 1 saturated carbocycles. The van der Waals surface area contributed by atoms with Gasteiger partial charge in [0.05, 0.1) is 27.8 Å². The Morgan fingerprint density at radius 1 is 1.22 bits per heavy atom. The summed E-state index contributed by atoms with van der Waals surface area (Å²) in [7, 11) is 0. The number of alkyl halides is 1. The van der Waals surface area contributed by atoms with Crippen LogP contribution in [0.4, 0.5) is 20.3 Å². The zero-order valence-corrected chi connectivity index (χ0v) is 21.4. The summed E-state index contributed by atoms with van der Waals surface area (Å²) < 4.78 is 27.2. The van der Waals surface area contributed by atoms with Gasteiger partial charge in [-0.25, -0.2) is 24.6 Å². The highest BCUT2D eigenvalue weighted by molar-refractivity contribution is 6.35. The average Bonchev–Trinajstić information content (AvgIpc) is 3.63. The minimum atomic E-state index is -0.713. The molecular formula is C26H32ClF2N7. The number of nitrogens with zero attached hydrogens (tertiary/aromatic N) is 3. The van der Waals surface area contributed by atoms with E-state index in [9.17, 15) is 8.78 Å². The minimum absolute atomic E-state index is 0.0382. The van der Waals surface area contributed by atoms with E-state index in [0.29, 0.717) is 52.7 Å². The molecule has 1 heterocycles. The first-order chi connectivity index (χ1) is 17.0. The molecule has 36 heavy (non-hydrogen) atoms. The highest BCUT2D eigenvalue weighted by atomic mass is 35.5. The Morgan fingerprint density at radius 2 is 1.92 bits per heavy atom. The molecule has 1 atom stereocenters. The summed E-state index contributed by atoms with van der Waals surface area (Å²) in [6.45, 7) is 6.51. The van der Waals surface area contributed by atoms with E-state index in [4.69, 9.17) is 23.2 Å². The lowest BCUT2D eigenvalue weighted by Crippen LogP contribution is -2.41. The van der Waals surface area contributed by atoms with Gasteiger partial charge in [-0.2, -0.15) is 0 Å². The molecule has 1 aromatic heterocycles. The van der Waals surface area contributed by atoms with Crippen molar-refractivity contribution in [2.45, 2.75) is 45.2 Å². The fourth-order valence-corrected chi connectivity index (χ4v) is 4.12.